The van der Waals surface area contributed by atoms with E-state index in [4.69, 9.17) is 4.98 Å². The van der Waals surface area contributed by atoms with Gasteiger partial charge in [-0.05, 0) is 48.8 Å². The van der Waals surface area contributed by atoms with Gasteiger partial charge in [0, 0.05) is 11.4 Å². The van der Waals surface area contributed by atoms with Gasteiger partial charge in [-0.1, -0.05) is 53.9 Å². The van der Waals surface area contributed by atoms with Crippen molar-refractivity contribution in [2.24, 2.45) is 0 Å². The first-order chi connectivity index (χ1) is 9.23. The third-order valence-corrected chi connectivity index (χ3v) is 3.88. The molecule has 108 valence electrons. The molecular weight excluding hydrogens is 230 g/mol. The minimum absolute atomic E-state index is 1.14. The second kappa shape index (κ2) is 8.35. The van der Waals surface area contributed by atoms with E-state index in [2.05, 4.69) is 34.6 Å². The van der Waals surface area contributed by atoms with Gasteiger partial charge in [0.15, 0.2) is 0 Å². The predicted molar refractivity (Wildman–Crippen MR) is 85.0 cm³/mol. The zero-order chi connectivity index (χ0) is 14.3. The topological polar surface area (TPSA) is 12.9 Å². The minimum atomic E-state index is 1.14. The monoisotopic (exact) mass is 261 g/mol. The van der Waals surface area contributed by atoms with Crippen LogP contribution in [-0.2, 0) is 32.1 Å². The highest BCUT2D eigenvalue weighted by molar-refractivity contribution is 5.41. The average Bonchev–Trinajstić information content (AvgIpc) is 2.40. The van der Waals surface area contributed by atoms with E-state index in [0.717, 1.165) is 25.7 Å². The Hall–Kier alpha value is -0.850. The fraction of sp³-hybridized carbons (Fsp3) is 0.722. The summed E-state index contributed by atoms with van der Waals surface area (Å²) in [7, 11) is 0. The third kappa shape index (κ3) is 3.81. The van der Waals surface area contributed by atoms with Gasteiger partial charge >= 0.3 is 0 Å². The van der Waals surface area contributed by atoms with Crippen molar-refractivity contribution in [2.45, 2.75) is 86.0 Å². The molecule has 0 unspecified atom stereocenters. The Balaban J connectivity index is 3.41. The van der Waals surface area contributed by atoms with Crippen LogP contribution in [0.5, 0.6) is 0 Å². The molecular formula is C18H31N. The standard InChI is InChI=1S/C18H31N/c1-6-11-16-14(9-4)17(12-7-2)19-18(13-8-3)15(16)10-5/h6-13H2,1-5H3. The summed E-state index contributed by atoms with van der Waals surface area (Å²) < 4.78 is 0. The Bertz CT molecular complexity index is 361. The van der Waals surface area contributed by atoms with Crippen molar-refractivity contribution < 1.29 is 0 Å². The predicted octanol–water partition coefficient (Wildman–Crippen LogP) is 5.06. The molecule has 0 aliphatic rings. The molecule has 0 aliphatic heterocycles. The van der Waals surface area contributed by atoms with Gasteiger partial charge < -0.3 is 0 Å². The van der Waals surface area contributed by atoms with Crippen LogP contribution >= 0.6 is 0 Å². The fourth-order valence-electron chi connectivity index (χ4n) is 3.10. The van der Waals surface area contributed by atoms with E-state index >= 15 is 0 Å². The first-order valence-corrected chi connectivity index (χ1v) is 8.25. The lowest BCUT2D eigenvalue weighted by molar-refractivity contribution is 0.768. The Morgan fingerprint density at radius 2 is 1.00 bits per heavy atom. The number of rotatable bonds is 8. The van der Waals surface area contributed by atoms with Crippen LogP contribution in [0.25, 0.3) is 0 Å². The molecule has 0 atom stereocenters. The molecule has 1 aromatic heterocycles. The zero-order valence-electron chi connectivity index (χ0n) is 13.6. The maximum absolute atomic E-state index is 5.04. The Morgan fingerprint density at radius 3 is 1.32 bits per heavy atom. The highest BCUT2D eigenvalue weighted by Crippen LogP contribution is 2.25. The fourth-order valence-corrected chi connectivity index (χ4v) is 3.10. The molecule has 1 heteroatoms. The molecule has 19 heavy (non-hydrogen) atoms. The number of aromatic nitrogens is 1. The van der Waals surface area contributed by atoms with E-state index < -0.39 is 0 Å². The summed E-state index contributed by atoms with van der Waals surface area (Å²) in [6, 6.07) is 0. The van der Waals surface area contributed by atoms with Gasteiger partial charge in [0.25, 0.3) is 0 Å². The van der Waals surface area contributed by atoms with Gasteiger partial charge in [0.05, 0.1) is 0 Å². The molecule has 0 N–H and O–H groups in total. The highest BCUT2D eigenvalue weighted by Gasteiger charge is 2.16. The van der Waals surface area contributed by atoms with Crippen LogP contribution in [0.2, 0.25) is 0 Å². The lowest BCUT2D eigenvalue weighted by Crippen LogP contribution is -2.11. The summed E-state index contributed by atoms with van der Waals surface area (Å²) in [5, 5.41) is 0. The van der Waals surface area contributed by atoms with E-state index in [0.29, 0.717) is 0 Å². The second-order valence-electron chi connectivity index (χ2n) is 5.40. The van der Waals surface area contributed by atoms with Crippen LogP contribution in [-0.4, -0.2) is 4.98 Å². The summed E-state index contributed by atoms with van der Waals surface area (Å²) in [6.45, 7) is 11.4. The van der Waals surface area contributed by atoms with E-state index in [9.17, 15) is 0 Å². The Labute approximate surface area is 119 Å². The molecule has 0 radical (unpaired) electrons. The van der Waals surface area contributed by atoms with Crippen LogP contribution in [0.4, 0.5) is 0 Å². The average molecular weight is 261 g/mol. The van der Waals surface area contributed by atoms with Crippen LogP contribution in [0.1, 0.15) is 82.0 Å². The van der Waals surface area contributed by atoms with Crippen molar-refractivity contribution in [3.05, 3.63) is 28.1 Å². The number of hydrogen-bond donors (Lipinski definition) is 0. The molecule has 1 nitrogen and oxygen atoms in total. The molecule has 0 bridgehead atoms. The van der Waals surface area contributed by atoms with Gasteiger partial charge in [0.1, 0.15) is 0 Å². The van der Waals surface area contributed by atoms with Gasteiger partial charge in [0.2, 0.25) is 0 Å². The quantitative estimate of drug-likeness (QED) is 0.637. The first kappa shape index (κ1) is 16.2. The smallest absolute Gasteiger partial charge is 0.0441 e. The molecule has 0 fully saturated rings. The van der Waals surface area contributed by atoms with Crippen LogP contribution in [0.15, 0.2) is 0 Å². The van der Waals surface area contributed by atoms with Gasteiger partial charge in [-0.15, -0.1) is 0 Å². The summed E-state index contributed by atoms with van der Waals surface area (Å²) in [5.41, 5.74) is 7.51. The largest absolute Gasteiger partial charge is 0.257 e. The number of hydrogen-bond acceptors (Lipinski definition) is 1. The molecule has 1 heterocycles. The van der Waals surface area contributed by atoms with Crippen molar-refractivity contribution >= 4 is 0 Å². The number of pyridine rings is 1. The lowest BCUT2D eigenvalue weighted by Gasteiger charge is -2.20. The minimum Gasteiger partial charge on any atom is -0.257 e. The molecule has 1 aromatic rings. The molecule has 1 rings (SSSR count). The van der Waals surface area contributed by atoms with E-state index in [1.54, 1.807) is 16.7 Å². The van der Waals surface area contributed by atoms with E-state index in [-0.39, 0.29) is 0 Å². The van der Waals surface area contributed by atoms with Crippen molar-refractivity contribution in [1.82, 2.24) is 4.98 Å². The maximum atomic E-state index is 5.04. The summed E-state index contributed by atoms with van der Waals surface area (Å²) in [4.78, 5) is 5.04. The van der Waals surface area contributed by atoms with Gasteiger partial charge in [-0.25, -0.2) is 0 Å². The number of aryl methyl sites for hydroxylation is 2. The van der Waals surface area contributed by atoms with Crippen molar-refractivity contribution in [1.29, 1.82) is 0 Å². The Morgan fingerprint density at radius 1 is 0.579 bits per heavy atom. The van der Waals surface area contributed by atoms with Crippen molar-refractivity contribution in [3.63, 3.8) is 0 Å². The van der Waals surface area contributed by atoms with Gasteiger partial charge in [-0.2, -0.15) is 0 Å². The molecule has 0 amide bonds. The van der Waals surface area contributed by atoms with Crippen molar-refractivity contribution in [2.75, 3.05) is 0 Å². The normalized spacial score (nSPS) is 11.0. The van der Waals surface area contributed by atoms with Crippen molar-refractivity contribution in [3.8, 4) is 0 Å². The number of nitrogens with zero attached hydrogens (tertiary/aromatic N) is 1. The SMILES string of the molecule is CCCc1nc(CCC)c(CC)c(CCC)c1CC. The molecule has 0 spiro atoms. The van der Waals surface area contributed by atoms with E-state index in [1.807, 2.05) is 0 Å². The maximum Gasteiger partial charge on any atom is 0.0441 e. The van der Waals surface area contributed by atoms with Crippen LogP contribution in [0.3, 0.4) is 0 Å². The van der Waals surface area contributed by atoms with Gasteiger partial charge in [-0.3, -0.25) is 4.98 Å². The highest BCUT2D eigenvalue weighted by atomic mass is 14.7. The summed E-state index contributed by atoms with van der Waals surface area (Å²) in [5.74, 6) is 0. The van der Waals surface area contributed by atoms with E-state index in [1.165, 1.54) is 37.1 Å². The molecule has 0 saturated carbocycles. The Kier molecular flexibility index (Phi) is 7.12. The molecule has 0 saturated heterocycles. The molecule has 0 aromatic carbocycles. The zero-order valence-corrected chi connectivity index (χ0v) is 13.6. The molecule has 0 aliphatic carbocycles. The summed E-state index contributed by atoms with van der Waals surface area (Å²) in [6.07, 6.45) is 9.41. The van der Waals surface area contributed by atoms with Crippen LogP contribution in [0, 0.1) is 0 Å². The first-order valence-electron chi connectivity index (χ1n) is 8.25. The summed E-state index contributed by atoms with van der Waals surface area (Å²) >= 11 is 0. The lowest BCUT2D eigenvalue weighted by atomic mass is 9.90. The third-order valence-electron chi connectivity index (χ3n) is 3.88. The second-order valence-corrected chi connectivity index (χ2v) is 5.40. The van der Waals surface area contributed by atoms with Crippen LogP contribution < -0.4 is 0 Å².